The number of hydrogen-bond acceptors (Lipinski definition) is 1. The van der Waals surface area contributed by atoms with Gasteiger partial charge in [-0.25, -0.2) is 0 Å². The maximum Gasteiger partial charge on any atom is 0.0847 e. The molecule has 0 fully saturated rings. The van der Waals surface area contributed by atoms with Crippen molar-refractivity contribution in [2.45, 2.75) is 18.8 Å². The molecule has 2 rings (SSSR count). The molecule has 1 aromatic heterocycles. The third kappa shape index (κ3) is 3.57. The smallest absolute Gasteiger partial charge is 0.0847 e. The molecule has 6 heteroatoms. The van der Waals surface area contributed by atoms with Gasteiger partial charge in [-0.3, -0.25) is 4.68 Å². The maximum atomic E-state index is 6.43. The summed E-state index contributed by atoms with van der Waals surface area (Å²) in [4.78, 5) is 0. The van der Waals surface area contributed by atoms with Crippen molar-refractivity contribution in [3.8, 4) is 0 Å². The molecule has 0 aliphatic rings. The average Bonchev–Trinajstić information content (AvgIpc) is 2.72. The van der Waals surface area contributed by atoms with E-state index in [2.05, 4.69) is 77.2 Å². The van der Waals surface area contributed by atoms with E-state index in [9.17, 15) is 0 Å². The molecule has 0 aliphatic heterocycles. The zero-order valence-corrected chi connectivity index (χ0v) is 17.4. The van der Waals surface area contributed by atoms with Crippen molar-refractivity contribution in [1.82, 2.24) is 9.78 Å². The van der Waals surface area contributed by atoms with Gasteiger partial charge in [-0.05, 0) is 24.6 Å². The fraction of sp³-hybridized carbons (Fsp3) is 0.400. The number of alkyl halides is 2. The van der Waals surface area contributed by atoms with Gasteiger partial charge in [0, 0.05) is 34.0 Å². The Hall–Kier alpha value is 0.160. The molecule has 1 aromatic carbocycles. The van der Waals surface area contributed by atoms with Crippen LogP contribution < -0.4 is 0 Å². The van der Waals surface area contributed by atoms with E-state index in [4.69, 9.17) is 11.6 Å². The molecule has 1 heterocycles. The summed E-state index contributed by atoms with van der Waals surface area (Å²) in [5, 5.41) is 6.86. The van der Waals surface area contributed by atoms with Crippen molar-refractivity contribution in [3.05, 3.63) is 50.7 Å². The Morgan fingerprint density at radius 2 is 1.76 bits per heavy atom. The first kappa shape index (κ1) is 17.5. The third-order valence-electron chi connectivity index (χ3n) is 3.74. The van der Waals surface area contributed by atoms with E-state index in [1.54, 1.807) is 0 Å². The highest BCUT2D eigenvalue weighted by Crippen LogP contribution is 2.35. The van der Waals surface area contributed by atoms with Crippen LogP contribution in [0.1, 0.15) is 17.0 Å². The number of aryl methyl sites for hydroxylation is 2. The molecule has 0 radical (unpaired) electrons. The minimum absolute atomic E-state index is 0.0649. The molecule has 114 valence electrons. The summed E-state index contributed by atoms with van der Waals surface area (Å²) in [6.45, 7) is 1.94. The van der Waals surface area contributed by atoms with Crippen LogP contribution in [0.5, 0.6) is 0 Å². The fourth-order valence-corrected chi connectivity index (χ4v) is 4.85. The molecule has 0 saturated heterocycles. The van der Waals surface area contributed by atoms with Crippen molar-refractivity contribution < 1.29 is 0 Å². The molecular formula is C15H16Br3ClN2. The Kier molecular flexibility index (Phi) is 5.97. The summed E-state index contributed by atoms with van der Waals surface area (Å²) in [7, 11) is 1.95. The number of benzene rings is 1. The summed E-state index contributed by atoms with van der Waals surface area (Å²) >= 11 is 17.3. The normalized spacial score (nSPS) is 11.9. The topological polar surface area (TPSA) is 17.8 Å². The lowest BCUT2D eigenvalue weighted by atomic mass is 9.80. The molecule has 0 bridgehead atoms. The predicted octanol–water partition coefficient (Wildman–Crippen LogP) is 5.41. The van der Waals surface area contributed by atoms with E-state index in [1.165, 1.54) is 5.56 Å². The largest absolute Gasteiger partial charge is 0.271 e. The molecule has 0 unspecified atom stereocenters. The van der Waals surface area contributed by atoms with E-state index >= 15 is 0 Å². The SMILES string of the molecule is Cc1nn(C)c(CC(CBr)(CBr)c2ccc(Br)cc2)c1Cl. The van der Waals surface area contributed by atoms with E-state index < -0.39 is 0 Å². The molecule has 0 N–H and O–H groups in total. The van der Waals surface area contributed by atoms with Crippen LogP contribution >= 0.6 is 59.4 Å². The van der Waals surface area contributed by atoms with Gasteiger partial charge in [-0.1, -0.05) is 71.5 Å². The van der Waals surface area contributed by atoms with E-state index in [0.717, 1.165) is 38.0 Å². The second-order valence-corrected chi connectivity index (χ2v) is 7.62. The Balaban J connectivity index is 2.45. The molecule has 0 amide bonds. The first-order valence-electron chi connectivity index (χ1n) is 6.49. The molecule has 2 aromatic rings. The maximum absolute atomic E-state index is 6.43. The first-order valence-corrected chi connectivity index (χ1v) is 9.91. The van der Waals surface area contributed by atoms with Crippen molar-refractivity contribution in [1.29, 1.82) is 0 Å². The molecule has 0 atom stereocenters. The van der Waals surface area contributed by atoms with Crippen molar-refractivity contribution in [2.24, 2.45) is 7.05 Å². The van der Waals surface area contributed by atoms with Crippen LogP contribution in [0.2, 0.25) is 5.02 Å². The zero-order valence-electron chi connectivity index (χ0n) is 11.8. The molecule has 2 nitrogen and oxygen atoms in total. The van der Waals surface area contributed by atoms with Crippen LogP contribution in [0.25, 0.3) is 0 Å². The van der Waals surface area contributed by atoms with Gasteiger partial charge in [0.2, 0.25) is 0 Å². The Labute approximate surface area is 155 Å². The second kappa shape index (κ2) is 7.16. The van der Waals surface area contributed by atoms with E-state index in [-0.39, 0.29) is 5.41 Å². The van der Waals surface area contributed by atoms with Crippen LogP contribution in [-0.2, 0) is 18.9 Å². The van der Waals surface area contributed by atoms with E-state index in [0.29, 0.717) is 0 Å². The highest BCUT2D eigenvalue weighted by atomic mass is 79.9. The Morgan fingerprint density at radius 3 is 2.19 bits per heavy atom. The van der Waals surface area contributed by atoms with Gasteiger partial charge in [0.25, 0.3) is 0 Å². The van der Waals surface area contributed by atoms with Crippen LogP contribution in [0.3, 0.4) is 0 Å². The molecule has 0 saturated carbocycles. The van der Waals surface area contributed by atoms with Crippen LogP contribution in [0.15, 0.2) is 28.7 Å². The van der Waals surface area contributed by atoms with Gasteiger partial charge in [0.15, 0.2) is 0 Å². The van der Waals surface area contributed by atoms with Gasteiger partial charge in [0.05, 0.1) is 16.4 Å². The number of halogens is 4. The Bertz CT molecular complexity index is 619. The van der Waals surface area contributed by atoms with Crippen LogP contribution in [-0.4, -0.2) is 20.4 Å². The third-order valence-corrected chi connectivity index (χ3v) is 6.90. The number of rotatable bonds is 5. The van der Waals surface area contributed by atoms with Crippen molar-refractivity contribution in [3.63, 3.8) is 0 Å². The number of hydrogen-bond donors (Lipinski definition) is 0. The lowest BCUT2D eigenvalue weighted by Crippen LogP contribution is -2.33. The summed E-state index contributed by atoms with van der Waals surface area (Å²) in [6.07, 6.45) is 0.821. The Morgan fingerprint density at radius 1 is 1.19 bits per heavy atom. The highest BCUT2D eigenvalue weighted by molar-refractivity contribution is 9.10. The minimum atomic E-state index is -0.0649. The minimum Gasteiger partial charge on any atom is -0.271 e. The van der Waals surface area contributed by atoms with Crippen LogP contribution in [0, 0.1) is 6.92 Å². The second-order valence-electron chi connectivity index (χ2n) is 5.20. The van der Waals surface area contributed by atoms with Gasteiger partial charge >= 0.3 is 0 Å². The monoisotopic (exact) mass is 496 g/mol. The van der Waals surface area contributed by atoms with Crippen molar-refractivity contribution >= 4 is 59.4 Å². The first-order chi connectivity index (χ1) is 9.93. The number of aromatic nitrogens is 2. The summed E-state index contributed by atoms with van der Waals surface area (Å²) in [6, 6.07) is 8.46. The zero-order chi connectivity index (χ0) is 15.6. The van der Waals surface area contributed by atoms with Gasteiger partial charge in [-0.2, -0.15) is 5.10 Å². The van der Waals surface area contributed by atoms with Gasteiger partial charge in [-0.15, -0.1) is 0 Å². The fourth-order valence-electron chi connectivity index (χ4n) is 2.38. The lowest BCUT2D eigenvalue weighted by molar-refractivity contribution is 0.523. The summed E-state index contributed by atoms with van der Waals surface area (Å²) < 4.78 is 2.97. The van der Waals surface area contributed by atoms with E-state index in [1.807, 2.05) is 18.7 Å². The highest BCUT2D eigenvalue weighted by Gasteiger charge is 2.33. The molecular weight excluding hydrogens is 483 g/mol. The molecule has 21 heavy (non-hydrogen) atoms. The van der Waals surface area contributed by atoms with Crippen LogP contribution in [0.4, 0.5) is 0 Å². The quantitative estimate of drug-likeness (QED) is 0.503. The lowest BCUT2D eigenvalue weighted by Gasteiger charge is -2.31. The summed E-state index contributed by atoms with van der Waals surface area (Å²) in [5.41, 5.74) is 3.15. The predicted molar refractivity (Wildman–Crippen MR) is 100 cm³/mol. The standard InChI is InChI=1S/C15H16Br3ClN2/c1-10-14(19)13(21(2)20-10)7-15(8-16,9-17)11-3-5-12(18)6-4-11/h3-6H,7-9H2,1-2H3. The number of nitrogens with zero attached hydrogens (tertiary/aromatic N) is 2. The molecule has 0 spiro atoms. The van der Waals surface area contributed by atoms with Crippen molar-refractivity contribution in [2.75, 3.05) is 10.7 Å². The van der Waals surface area contributed by atoms with Gasteiger partial charge < -0.3 is 0 Å². The summed E-state index contributed by atoms with van der Waals surface area (Å²) in [5.74, 6) is 0. The molecule has 0 aliphatic carbocycles. The van der Waals surface area contributed by atoms with Gasteiger partial charge in [0.1, 0.15) is 0 Å². The average molecular weight is 499 g/mol.